The Hall–Kier alpha value is 0.100. The average Bonchev–Trinajstić information content (AvgIpc) is 2.36. The van der Waals surface area contributed by atoms with Crippen molar-refractivity contribution in [1.29, 1.82) is 0 Å². The summed E-state index contributed by atoms with van der Waals surface area (Å²) < 4.78 is 11.0. The Morgan fingerprint density at radius 2 is 1.12 bits per heavy atom. The van der Waals surface area contributed by atoms with Crippen LogP contribution < -0.4 is 0 Å². The molecule has 17 heavy (non-hydrogen) atoms. The Balaban J connectivity index is 3.33. The van der Waals surface area contributed by atoms with Crippen molar-refractivity contribution in [3.63, 3.8) is 0 Å². The van der Waals surface area contributed by atoms with Crippen LogP contribution in [-0.2, 0) is 4.57 Å². The molecule has 0 aliphatic rings. The summed E-state index contributed by atoms with van der Waals surface area (Å²) in [4.78, 5) is 0. The maximum atomic E-state index is 11.0. The summed E-state index contributed by atoms with van der Waals surface area (Å²) in [6.07, 6.45) is 15.6. The predicted octanol–water partition coefficient (Wildman–Crippen LogP) is 6.37. The maximum absolute atomic E-state index is 11.0. The van der Waals surface area contributed by atoms with Crippen LogP contribution in [0.15, 0.2) is 0 Å². The third-order valence-corrected chi connectivity index (χ3v) is 4.25. The van der Waals surface area contributed by atoms with Gasteiger partial charge in [-0.05, 0) is 12.8 Å². The van der Waals surface area contributed by atoms with Crippen LogP contribution in [0.3, 0.4) is 0 Å². The molecule has 2 heteroatoms. The highest BCUT2D eigenvalue weighted by Gasteiger charge is 2.07. The molecule has 102 valence electrons. The average molecular weight is 258 g/mol. The minimum absolute atomic E-state index is 0.385. The second-order valence-electron chi connectivity index (χ2n) is 5.17. The molecule has 0 spiro atoms. The van der Waals surface area contributed by atoms with Crippen LogP contribution >= 0.6 is 8.46 Å². The molecule has 0 bridgehead atoms. The molecule has 0 radical (unpaired) electrons. The maximum Gasteiger partial charge on any atom is 0.158 e. The van der Waals surface area contributed by atoms with Crippen LogP contribution in [0.1, 0.15) is 90.9 Å². The van der Waals surface area contributed by atoms with Crippen LogP contribution in [-0.4, -0.2) is 5.66 Å². The van der Waals surface area contributed by atoms with Gasteiger partial charge < -0.3 is 0 Å². The van der Waals surface area contributed by atoms with Crippen LogP contribution in [0.5, 0.6) is 0 Å². The summed E-state index contributed by atoms with van der Waals surface area (Å²) in [7, 11) is 0.385. The fourth-order valence-corrected chi connectivity index (χ4v) is 2.79. The molecule has 0 unspecified atom stereocenters. The van der Waals surface area contributed by atoms with Gasteiger partial charge in [0.2, 0.25) is 0 Å². The van der Waals surface area contributed by atoms with Gasteiger partial charge >= 0.3 is 0 Å². The summed E-state index contributed by atoms with van der Waals surface area (Å²) in [5.74, 6) is 0. The third kappa shape index (κ3) is 12.3. The van der Waals surface area contributed by atoms with Gasteiger partial charge in [0, 0.05) is 5.66 Å². The number of rotatable bonds is 13. The summed E-state index contributed by atoms with van der Waals surface area (Å²) in [6, 6.07) is 0. The van der Waals surface area contributed by atoms with Crippen molar-refractivity contribution in [2.45, 2.75) is 96.6 Å². The van der Waals surface area contributed by atoms with Crippen molar-refractivity contribution >= 4 is 8.46 Å². The molecule has 0 aromatic carbocycles. The van der Waals surface area contributed by atoms with E-state index >= 15 is 0 Å². The quantitative estimate of drug-likeness (QED) is 0.277. The van der Waals surface area contributed by atoms with E-state index in [2.05, 4.69) is 13.8 Å². The van der Waals surface area contributed by atoms with Gasteiger partial charge in [-0.25, -0.2) is 0 Å². The Labute approximate surface area is 110 Å². The SMILES string of the molecule is CCCCCCCC(CCCCCCC)P=O. The van der Waals surface area contributed by atoms with Crippen LogP contribution in [0.25, 0.3) is 0 Å². The summed E-state index contributed by atoms with van der Waals surface area (Å²) in [6.45, 7) is 4.49. The molecule has 0 saturated heterocycles. The van der Waals surface area contributed by atoms with Gasteiger partial charge in [-0.2, -0.15) is 0 Å². The zero-order valence-electron chi connectivity index (χ0n) is 11.9. The zero-order chi connectivity index (χ0) is 12.8. The second kappa shape index (κ2) is 14.2. The Kier molecular flexibility index (Phi) is 14.2. The van der Waals surface area contributed by atoms with E-state index in [1.807, 2.05) is 0 Å². The summed E-state index contributed by atoms with van der Waals surface area (Å²) in [5, 5.41) is 0. The molecule has 0 N–H and O–H groups in total. The Morgan fingerprint density at radius 3 is 1.47 bits per heavy atom. The molecular formula is C15H31OP. The van der Waals surface area contributed by atoms with Crippen molar-refractivity contribution in [2.75, 3.05) is 0 Å². The third-order valence-electron chi connectivity index (χ3n) is 3.43. The lowest BCUT2D eigenvalue weighted by Crippen LogP contribution is -1.98. The lowest BCUT2D eigenvalue weighted by atomic mass is 10.0. The van der Waals surface area contributed by atoms with E-state index < -0.39 is 0 Å². The molecular weight excluding hydrogens is 227 g/mol. The van der Waals surface area contributed by atoms with Crippen molar-refractivity contribution in [1.82, 2.24) is 0 Å². The molecule has 0 amide bonds. The molecule has 0 atom stereocenters. The van der Waals surface area contributed by atoms with Gasteiger partial charge in [0.1, 0.15) is 0 Å². The monoisotopic (exact) mass is 258 g/mol. The molecule has 0 rings (SSSR count). The van der Waals surface area contributed by atoms with Crippen LogP contribution in [0.4, 0.5) is 0 Å². The first-order valence-corrected chi connectivity index (χ1v) is 8.55. The molecule has 1 nitrogen and oxygen atoms in total. The topological polar surface area (TPSA) is 17.1 Å². The van der Waals surface area contributed by atoms with Gasteiger partial charge in [-0.1, -0.05) is 78.1 Å². The highest BCUT2D eigenvalue weighted by atomic mass is 31.1. The second-order valence-corrected chi connectivity index (χ2v) is 6.11. The van der Waals surface area contributed by atoms with Gasteiger partial charge in [0.15, 0.2) is 8.46 Å². The van der Waals surface area contributed by atoms with Crippen molar-refractivity contribution in [2.24, 2.45) is 0 Å². The highest BCUT2D eigenvalue weighted by Crippen LogP contribution is 2.22. The fraction of sp³-hybridized carbons (Fsp3) is 1.00. The van der Waals surface area contributed by atoms with E-state index in [4.69, 9.17) is 0 Å². The smallest absolute Gasteiger partial charge is 0.158 e. The van der Waals surface area contributed by atoms with Gasteiger partial charge in [-0.15, -0.1) is 0 Å². The molecule has 0 aromatic heterocycles. The number of hydrogen-bond donors (Lipinski definition) is 0. The van der Waals surface area contributed by atoms with Crippen LogP contribution in [0, 0.1) is 0 Å². The molecule has 0 saturated carbocycles. The van der Waals surface area contributed by atoms with Crippen molar-refractivity contribution < 1.29 is 4.57 Å². The van der Waals surface area contributed by atoms with Crippen molar-refractivity contribution in [3.8, 4) is 0 Å². The zero-order valence-corrected chi connectivity index (χ0v) is 12.8. The van der Waals surface area contributed by atoms with E-state index in [-0.39, 0.29) is 0 Å². The Morgan fingerprint density at radius 1 is 0.706 bits per heavy atom. The standard InChI is InChI=1S/C15H31OP/c1-3-5-7-9-11-13-15(17-16)14-12-10-8-6-4-2/h15H,3-14H2,1-2H3. The highest BCUT2D eigenvalue weighted by molar-refractivity contribution is 7.24. The summed E-state index contributed by atoms with van der Waals surface area (Å²) in [5.41, 5.74) is 0.443. The van der Waals surface area contributed by atoms with E-state index in [0.717, 1.165) is 0 Å². The first-order chi connectivity index (χ1) is 8.35. The fourth-order valence-electron chi connectivity index (χ4n) is 2.22. The van der Waals surface area contributed by atoms with E-state index in [1.54, 1.807) is 0 Å². The molecule has 0 fully saturated rings. The minimum Gasteiger partial charge on any atom is -0.275 e. The molecule has 0 heterocycles. The first kappa shape index (κ1) is 17.1. The molecule has 0 aliphatic carbocycles. The van der Waals surface area contributed by atoms with E-state index in [9.17, 15) is 4.57 Å². The van der Waals surface area contributed by atoms with Crippen LogP contribution in [0.2, 0.25) is 0 Å². The largest absolute Gasteiger partial charge is 0.275 e. The normalized spacial score (nSPS) is 11.5. The predicted molar refractivity (Wildman–Crippen MR) is 78.1 cm³/mol. The van der Waals surface area contributed by atoms with Crippen molar-refractivity contribution in [3.05, 3.63) is 0 Å². The van der Waals surface area contributed by atoms with E-state index in [1.165, 1.54) is 77.0 Å². The molecule has 0 aliphatic heterocycles. The summed E-state index contributed by atoms with van der Waals surface area (Å²) >= 11 is 0. The minimum atomic E-state index is 0.385. The van der Waals surface area contributed by atoms with E-state index in [0.29, 0.717) is 14.1 Å². The number of hydrogen-bond acceptors (Lipinski definition) is 1. The lowest BCUT2D eigenvalue weighted by Gasteiger charge is -2.08. The van der Waals surface area contributed by atoms with Gasteiger partial charge in [-0.3, -0.25) is 4.57 Å². The van der Waals surface area contributed by atoms with Gasteiger partial charge in [0.05, 0.1) is 0 Å². The lowest BCUT2D eigenvalue weighted by molar-refractivity contribution is 0.531. The first-order valence-electron chi connectivity index (χ1n) is 7.67. The number of unbranched alkanes of at least 4 members (excludes halogenated alkanes) is 8. The molecule has 0 aromatic rings. The Bertz CT molecular complexity index is 145. The van der Waals surface area contributed by atoms with Gasteiger partial charge in [0.25, 0.3) is 0 Å².